The number of carbonyl (C=O) groups is 2. The standard InChI is InChI=1S/C21H17BrN2O3/c22-16-7-3-8-17(12-16)23-20(25)18-11-14-5-1-2-6-15(14)13-24(18)21(26)19-9-4-10-27-19/h1-10,12,18H,11,13H2,(H,23,25). The molecule has 1 N–H and O–H groups in total. The maximum absolute atomic E-state index is 13.0. The van der Waals surface area contributed by atoms with E-state index in [1.54, 1.807) is 17.0 Å². The molecule has 0 saturated heterocycles. The van der Waals surface area contributed by atoms with E-state index in [2.05, 4.69) is 21.2 Å². The van der Waals surface area contributed by atoms with Crippen molar-refractivity contribution in [3.05, 3.63) is 88.3 Å². The van der Waals surface area contributed by atoms with Gasteiger partial charge in [-0.25, -0.2) is 0 Å². The number of halogens is 1. The van der Waals surface area contributed by atoms with E-state index in [1.165, 1.54) is 6.26 Å². The number of fused-ring (bicyclic) bond motifs is 1. The number of anilines is 1. The van der Waals surface area contributed by atoms with Gasteiger partial charge in [0, 0.05) is 23.1 Å². The molecule has 1 unspecified atom stereocenters. The summed E-state index contributed by atoms with van der Waals surface area (Å²) in [6.45, 7) is 0.367. The van der Waals surface area contributed by atoms with Gasteiger partial charge in [0.15, 0.2) is 5.76 Å². The molecule has 0 fully saturated rings. The first-order valence-electron chi connectivity index (χ1n) is 8.59. The Labute approximate surface area is 165 Å². The molecule has 2 amide bonds. The van der Waals surface area contributed by atoms with Crippen LogP contribution >= 0.6 is 15.9 Å². The molecule has 0 aliphatic carbocycles. The zero-order valence-corrected chi connectivity index (χ0v) is 16.0. The molecule has 6 heteroatoms. The van der Waals surface area contributed by atoms with Crippen molar-refractivity contribution in [3.8, 4) is 0 Å². The van der Waals surface area contributed by atoms with Gasteiger partial charge in [-0.1, -0.05) is 46.3 Å². The molecule has 1 aliphatic rings. The fraction of sp³-hybridized carbons (Fsp3) is 0.143. The highest BCUT2D eigenvalue weighted by Crippen LogP contribution is 2.26. The Morgan fingerprint density at radius 3 is 2.59 bits per heavy atom. The number of amides is 2. The molecule has 136 valence electrons. The van der Waals surface area contributed by atoms with Crippen LogP contribution in [-0.2, 0) is 17.8 Å². The molecule has 1 aromatic heterocycles. The van der Waals surface area contributed by atoms with Crippen molar-refractivity contribution in [1.29, 1.82) is 0 Å². The number of nitrogens with one attached hydrogen (secondary N) is 1. The smallest absolute Gasteiger partial charge is 0.290 e. The minimum Gasteiger partial charge on any atom is -0.459 e. The van der Waals surface area contributed by atoms with Gasteiger partial charge in [0.2, 0.25) is 5.91 Å². The number of hydrogen-bond acceptors (Lipinski definition) is 3. The highest BCUT2D eigenvalue weighted by molar-refractivity contribution is 9.10. The van der Waals surface area contributed by atoms with Gasteiger partial charge in [-0.05, 0) is 41.5 Å². The number of rotatable bonds is 3. The Morgan fingerprint density at radius 2 is 1.85 bits per heavy atom. The summed E-state index contributed by atoms with van der Waals surface area (Å²) in [4.78, 5) is 27.5. The van der Waals surface area contributed by atoms with Gasteiger partial charge in [-0.2, -0.15) is 0 Å². The maximum Gasteiger partial charge on any atom is 0.290 e. The van der Waals surface area contributed by atoms with Gasteiger partial charge in [-0.15, -0.1) is 0 Å². The van der Waals surface area contributed by atoms with E-state index in [1.807, 2.05) is 48.5 Å². The molecule has 0 bridgehead atoms. The predicted octanol–water partition coefficient (Wildman–Crippen LogP) is 4.25. The quantitative estimate of drug-likeness (QED) is 0.683. The SMILES string of the molecule is O=C(Nc1cccc(Br)c1)C1Cc2ccccc2CN1C(=O)c1ccco1. The van der Waals surface area contributed by atoms with E-state index in [9.17, 15) is 9.59 Å². The molecule has 3 aromatic rings. The number of nitrogens with zero attached hydrogens (tertiary/aromatic N) is 1. The zero-order valence-electron chi connectivity index (χ0n) is 14.4. The number of carbonyl (C=O) groups excluding carboxylic acids is 2. The first-order chi connectivity index (χ1) is 13.1. The van der Waals surface area contributed by atoms with Crippen LogP contribution in [0.5, 0.6) is 0 Å². The summed E-state index contributed by atoms with van der Waals surface area (Å²) in [6.07, 6.45) is 1.92. The van der Waals surface area contributed by atoms with Crippen molar-refractivity contribution in [1.82, 2.24) is 4.90 Å². The Kier molecular flexibility index (Phi) is 4.81. The molecule has 27 heavy (non-hydrogen) atoms. The fourth-order valence-electron chi connectivity index (χ4n) is 3.30. The normalized spacial score (nSPS) is 15.9. The largest absolute Gasteiger partial charge is 0.459 e. The van der Waals surface area contributed by atoms with Crippen molar-refractivity contribution >= 4 is 33.4 Å². The topological polar surface area (TPSA) is 62.6 Å². The summed E-state index contributed by atoms with van der Waals surface area (Å²) in [5.41, 5.74) is 2.80. The third-order valence-corrected chi connectivity index (χ3v) is 5.13. The maximum atomic E-state index is 13.0. The van der Waals surface area contributed by atoms with Crippen LogP contribution in [-0.4, -0.2) is 22.8 Å². The second-order valence-corrected chi connectivity index (χ2v) is 7.31. The summed E-state index contributed by atoms with van der Waals surface area (Å²) >= 11 is 3.40. The van der Waals surface area contributed by atoms with Gasteiger partial charge >= 0.3 is 0 Å². The third-order valence-electron chi connectivity index (χ3n) is 4.64. The van der Waals surface area contributed by atoms with Gasteiger partial charge in [0.25, 0.3) is 5.91 Å². The fourth-order valence-corrected chi connectivity index (χ4v) is 3.70. The minimum absolute atomic E-state index is 0.220. The summed E-state index contributed by atoms with van der Waals surface area (Å²) < 4.78 is 6.14. The van der Waals surface area contributed by atoms with Crippen LogP contribution in [0.15, 0.2) is 75.8 Å². The second-order valence-electron chi connectivity index (χ2n) is 6.40. The molecule has 1 atom stereocenters. The van der Waals surface area contributed by atoms with Gasteiger partial charge < -0.3 is 14.6 Å². The molecule has 0 radical (unpaired) electrons. The van der Waals surface area contributed by atoms with Crippen LogP contribution in [0.2, 0.25) is 0 Å². The summed E-state index contributed by atoms with van der Waals surface area (Å²) in [5.74, 6) is -0.277. The first kappa shape index (κ1) is 17.5. The predicted molar refractivity (Wildman–Crippen MR) is 105 cm³/mol. The Morgan fingerprint density at radius 1 is 1.04 bits per heavy atom. The lowest BCUT2D eigenvalue weighted by molar-refractivity contribution is -0.121. The van der Waals surface area contributed by atoms with Crippen LogP contribution < -0.4 is 5.32 Å². The monoisotopic (exact) mass is 424 g/mol. The zero-order chi connectivity index (χ0) is 18.8. The summed E-state index contributed by atoms with van der Waals surface area (Å²) in [6, 6.07) is 17.9. The minimum atomic E-state index is -0.614. The number of benzene rings is 2. The van der Waals surface area contributed by atoms with E-state index in [0.29, 0.717) is 18.7 Å². The van der Waals surface area contributed by atoms with Gasteiger partial charge in [-0.3, -0.25) is 9.59 Å². The summed E-state index contributed by atoms with van der Waals surface area (Å²) in [5, 5.41) is 2.92. The van der Waals surface area contributed by atoms with Crippen molar-refractivity contribution in [3.63, 3.8) is 0 Å². The molecule has 0 spiro atoms. The van der Waals surface area contributed by atoms with Crippen LogP contribution in [0.1, 0.15) is 21.7 Å². The molecule has 2 aromatic carbocycles. The Hall–Kier alpha value is -2.86. The lowest BCUT2D eigenvalue weighted by Gasteiger charge is -2.35. The lowest BCUT2D eigenvalue weighted by Crippen LogP contribution is -2.50. The van der Waals surface area contributed by atoms with Gasteiger partial charge in [0.1, 0.15) is 6.04 Å². The molecule has 2 heterocycles. The average Bonchev–Trinajstić information content (AvgIpc) is 3.21. The molecule has 0 saturated carbocycles. The van der Waals surface area contributed by atoms with Crippen molar-refractivity contribution < 1.29 is 14.0 Å². The van der Waals surface area contributed by atoms with E-state index in [0.717, 1.165) is 15.6 Å². The van der Waals surface area contributed by atoms with E-state index < -0.39 is 6.04 Å². The van der Waals surface area contributed by atoms with Crippen LogP contribution in [0.3, 0.4) is 0 Å². The van der Waals surface area contributed by atoms with E-state index in [-0.39, 0.29) is 17.6 Å². The second kappa shape index (κ2) is 7.40. The highest BCUT2D eigenvalue weighted by Gasteiger charge is 2.36. The molecule has 1 aliphatic heterocycles. The van der Waals surface area contributed by atoms with Gasteiger partial charge in [0.05, 0.1) is 6.26 Å². The van der Waals surface area contributed by atoms with Crippen LogP contribution in [0.4, 0.5) is 5.69 Å². The molecular formula is C21H17BrN2O3. The number of furan rings is 1. The Balaban J connectivity index is 1.64. The molecule has 5 nitrogen and oxygen atoms in total. The van der Waals surface area contributed by atoms with E-state index >= 15 is 0 Å². The lowest BCUT2D eigenvalue weighted by atomic mass is 9.93. The van der Waals surface area contributed by atoms with Crippen LogP contribution in [0, 0.1) is 0 Å². The third kappa shape index (κ3) is 3.66. The number of hydrogen-bond donors (Lipinski definition) is 1. The highest BCUT2D eigenvalue weighted by atomic mass is 79.9. The summed E-state index contributed by atoms with van der Waals surface area (Å²) in [7, 11) is 0. The Bertz CT molecular complexity index is 985. The molecular weight excluding hydrogens is 408 g/mol. The van der Waals surface area contributed by atoms with Crippen LogP contribution in [0.25, 0.3) is 0 Å². The van der Waals surface area contributed by atoms with Crippen molar-refractivity contribution in [2.45, 2.75) is 19.0 Å². The first-order valence-corrected chi connectivity index (χ1v) is 9.39. The van der Waals surface area contributed by atoms with E-state index in [4.69, 9.17) is 4.42 Å². The van der Waals surface area contributed by atoms with Crippen molar-refractivity contribution in [2.75, 3.05) is 5.32 Å². The van der Waals surface area contributed by atoms with Crippen molar-refractivity contribution in [2.24, 2.45) is 0 Å². The average molecular weight is 425 g/mol. The molecule has 4 rings (SSSR count).